The SMILES string of the molecule is CC(C)(C)OC(=O)C(Oc1cnc(Cl)c(-c2ccccc2)c1)[C@@H]1CCN1. The van der Waals surface area contributed by atoms with Crippen LogP contribution in [0.2, 0.25) is 5.15 Å². The Morgan fingerprint density at radius 1 is 1.31 bits per heavy atom. The average molecular weight is 375 g/mol. The molecular weight excluding hydrogens is 352 g/mol. The quantitative estimate of drug-likeness (QED) is 0.636. The van der Waals surface area contributed by atoms with E-state index in [9.17, 15) is 4.79 Å². The lowest BCUT2D eigenvalue weighted by molar-refractivity contribution is -0.165. The molecular formula is C20H23ClN2O3. The number of benzene rings is 1. The van der Waals surface area contributed by atoms with Crippen molar-refractivity contribution in [2.45, 2.75) is 44.9 Å². The van der Waals surface area contributed by atoms with Crippen LogP contribution in [-0.4, -0.2) is 35.2 Å². The Balaban J connectivity index is 1.84. The molecule has 3 rings (SSSR count). The minimum Gasteiger partial charge on any atom is -0.475 e. The van der Waals surface area contributed by atoms with Crippen molar-refractivity contribution in [3.8, 4) is 16.9 Å². The van der Waals surface area contributed by atoms with Gasteiger partial charge in [0, 0.05) is 5.56 Å². The van der Waals surface area contributed by atoms with Gasteiger partial charge < -0.3 is 14.8 Å². The lowest BCUT2D eigenvalue weighted by Gasteiger charge is -2.35. The summed E-state index contributed by atoms with van der Waals surface area (Å²) in [5, 5.41) is 3.61. The van der Waals surface area contributed by atoms with Crippen LogP contribution in [0, 0.1) is 0 Å². The molecule has 2 heterocycles. The van der Waals surface area contributed by atoms with Crippen LogP contribution in [0.1, 0.15) is 27.2 Å². The van der Waals surface area contributed by atoms with Gasteiger partial charge in [0.1, 0.15) is 16.5 Å². The van der Waals surface area contributed by atoms with E-state index < -0.39 is 11.7 Å². The third kappa shape index (κ3) is 4.54. The Kier molecular flexibility index (Phi) is 5.49. The van der Waals surface area contributed by atoms with E-state index in [0.717, 1.165) is 24.1 Å². The van der Waals surface area contributed by atoms with Crippen LogP contribution in [0.15, 0.2) is 42.6 Å². The number of nitrogens with zero attached hydrogens (tertiary/aromatic N) is 1. The van der Waals surface area contributed by atoms with Crippen LogP contribution in [0.25, 0.3) is 11.1 Å². The normalized spacial score (nSPS) is 17.9. The molecule has 2 atom stereocenters. The maximum atomic E-state index is 12.6. The van der Waals surface area contributed by atoms with Crippen LogP contribution < -0.4 is 10.1 Å². The molecule has 1 aliphatic heterocycles. The number of ether oxygens (including phenoxy) is 2. The second-order valence-corrected chi connectivity index (χ2v) is 7.65. The summed E-state index contributed by atoms with van der Waals surface area (Å²) in [5.74, 6) is 0.101. The topological polar surface area (TPSA) is 60.5 Å². The third-order valence-corrected chi connectivity index (χ3v) is 4.33. The van der Waals surface area contributed by atoms with Gasteiger partial charge >= 0.3 is 5.97 Å². The number of hydrogen-bond acceptors (Lipinski definition) is 5. The highest BCUT2D eigenvalue weighted by atomic mass is 35.5. The van der Waals surface area contributed by atoms with Gasteiger partial charge in [-0.25, -0.2) is 9.78 Å². The van der Waals surface area contributed by atoms with E-state index in [2.05, 4.69) is 10.3 Å². The molecule has 2 aromatic rings. The largest absolute Gasteiger partial charge is 0.475 e. The van der Waals surface area contributed by atoms with Crippen LogP contribution in [0.3, 0.4) is 0 Å². The molecule has 0 radical (unpaired) electrons. The van der Waals surface area contributed by atoms with Gasteiger partial charge in [0.2, 0.25) is 6.10 Å². The van der Waals surface area contributed by atoms with E-state index in [4.69, 9.17) is 21.1 Å². The molecule has 0 amide bonds. The molecule has 1 fully saturated rings. The van der Waals surface area contributed by atoms with Gasteiger partial charge in [0.15, 0.2) is 0 Å². The lowest BCUT2D eigenvalue weighted by atomic mass is 10.0. The molecule has 1 N–H and O–H groups in total. The first kappa shape index (κ1) is 18.7. The zero-order valence-corrected chi connectivity index (χ0v) is 15.9. The lowest BCUT2D eigenvalue weighted by Crippen LogP contribution is -2.57. The van der Waals surface area contributed by atoms with Crippen LogP contribution in [0.4, 0.5) is 0 Å². The Labute approximate surface area is 158 Å². The smallest absolute Gasteiger partial charge is 0.349 e. The first-order chi connectivity index (χ1) is 12.3. The molecule has 1 unspecified atom stereocenters. The Hall–Kier alpha value is -2.11. The zero-order chi connectivity index (χ0) is 18.7. The number of halogens is 1. The van der Waals surface area contributed by atoms with E-state index in [1.165, 1.54) is 6.20 Å². The standard InChI is InChI=1S/C20H23ClN2O3/c1-20(2,3)26-19(24)17(16-9-10-22-16)25-14-11-15(18(21)23-12-14)13-7-5-4-6-8-13/h4-8,11-12,16-17,22H,9-10H2,1-3H3/t16-,17?/m0/s1. The van der Waals surface area contributed by atoms with Crippen molar-refractivity contribution in [2.75, 3.05) is 6.54 Å². The monoisotopic (exact) mass is 374 g/mol. The second kappa shape index (κ2) is 7.64. The van der Waals surface area contributed by atoms with Gasteiger partial charge in [0.05, 0.1) is 12.2 Å². The van der Waals surface area contributed by atoms with Gasteiger partial charge in [0.25, 0.3) is 0 Å². The number of rotatable bonds is 5. The minimum atomic E-state index is -0.727. The molecule has 0 saturated carbocycles. The summed E-state index contributed by atoms with van der Waals surface area (Å²) < 4.78 is 11.5. The summed E-state index contributed by atoms with van der Waals surface area (Å²) in [6.45, 7) is 6.38. The fourth-order valence-electron chi connectivity index (χ4n) is 2.68. The third-order valence-electron chi connectivity index (χ3n) is 4.03. The highest BCUT2D eigenvalue weighted by Gasteiger charge is 2.37. The number of pyridine rings is 1. The van der Waals surface area contributed by atoms with E-state index >= 15 is 0 Å². The number of hydrogen-bond donors (Lipinski definition) is 1. The van der Waals surface area contributed by atoms with E-state index in [1.54, 1.807) is 6.07 Å². The number of carbonyl (C=O) groups is 1. The molecule has 5 nitrogen and oxygen atoms in total. The second-order valence-electron chi connectivity index (χ2n) is 7.30. The number of esters is 1. The maximum absolute atomic E-state index is 12.6. The van der Waals surface area contributed by atoms with Crippen molar-refractivity contribution in [3.63, 3.8) is 0 Å². The minimum absolute atomic E-state index is 0.0688. The number of aromatic nitrogens is 1. The summed E-state index contributed by atoms with van der Waals surface area (Å²) >= 11 is 6.25. The summed E-state index contributed by atoms with van der Waals surface area (Å²) in [5.41, 5.74) is 1.12. The predicted octanol–water partition coefficient (Wildman–Crippen LogP) is 3.85. The van der Waals surface area contributed by atoms with E-state index in [-0.39, 0.29) is 12.0 Å². The van der Waals surface area contributed by atoms with Crippen molar-refractivity contribution in [2.24, 2.45) is 0 Å². The molecule has 1 aromatic heterocycles. The van der Waals surface area contributed by atoms with Gasteiger partial charge in [-0.2, -0.15) is 0 Å². The Bertz CT molecular complexity index is 770. The van der Waals surface area contributed by atoms with Gasteiger partial charge in [-0.05, 0) is 45.4 Å². The highest BCUT2D eigenvalue weighted by Crippen LogP contribution is 2.30. The van der Waals surface area contributed by atoms with Gasteiger partial charge in [-0.1, -0.05) is 41.9 Å². The molecule has 138 valence electrons. The fraction of sp³-hybridized carbons (Fsp3) is 0.400. The number of carbonyl (C=O) groups excluding carboxylic acids is 1. The van der Waals surface area contributed by atoms with Gasteiger partial charge in [-0.15, -0.1) is 0 Å². The molecule has 26 heavy (non-hydrogen) atoms. The average Bonchev–Trinajstić information content (AvgIpc) is 2.53. The first-order valence-corrected chi connectivity index (χ1v) is 9.05. The van der Waals surface area contributed by atoms with E-state index in [1.807, 2.05) is 51.1 Å². The van der Waals surface area contributed by atoms with Crippen LogP contribution in [0.5, 0.6) is 5.75 Å². The van der Waals surface area contributed by atoms with Crippen molar-refractivity contribution in [3.05, 3.63) is 47.7 Å². The first-order valence-electron chi connectivity index (χ1n) is 8.67. The Morgan fingerprint density at radius 3 is 2.58 bits per heavy atom. The summed E-state index contributed by atoms with van der Waals surface area (Å²) in [6.07, 6.45) is 1.66. The summed E-state index contributed by atoms with van der Waals surface area (Å²) in [4.78, 5) is 16.8. The molecule has 0 spiro atoms. The zero-order valence-electron chi connectivity index (χ0n) is 15.2. The Morgan fingerprint density at radius 2 is 2.00 bits per heavy atom. The molecule has 0 aliphatic carbocycles. The van der Waals surface area contributed by atoms with E-state index in [0.29, 0.717) is 10.9 Å². The summed E-state index contributed by atoms with van der Waals surface area (Å²) in [7, 11) is 0. The highest BCUT2D eigenvalue weighted by molar-refractivity contribution is 6.32. The van der Waals surface area contributed by atoms with Crippen LogP contribution >= 0.6 is 11.6 Å². The molecule has 1 aromatic carbocycles. The molecule has 1 aliphatic rings. The fourth-order valence-corrected chi connectivity index (χ4v) is 2.90. The molecule has 1 saturated heterocycles. The maximum Gasteiger partial charge on any atom is 0.349 e. The van der Waals surface area contributed by atoms with Crippen molar-refractivity contribution >= 4 is 17.6 Å². The summed E-state index contributed by atoms with van der Waals surface area (Å²) in [6, 6.07) is 11.4. The number of nitrogens with one attached hydrogen (secondary N) is 1. The predicted molar refractivity (Wildman–Crippen MR) is 101 cm³/mol. The van der Waals surface area contributed by atoms with Gasteiger partial charge in [-0.3, -0.25) is 0 Å². The van der Waals surface area contributed by atoms with Crippen LogP contribution in [-0.2, 0) is 9.53 Å². The molecule has 0 bridgehead atoms. The van der Waals surface area contributed by atoms with Crippen molar-refractivity contribution in [1.29, 1.82) is 0 Å². The molecule has 6 heteroatoms. The van der Waals surface area contributed by atoms with Crippen molar-refractivity contribution in [1.82, 2.24) is 10.3 Å². The van der Waals surface area contributed by atoms with Crippen molar-refractivity contribution < 1.29 is 14.3 Å².